The molecule has 0 bridgehead atoms. The molecule has 0 saturated carbocycles. The molecule has 1 heterocycles. The lowest BCUT2D eigenvalue weighted by atomic mass is 10.2. The maximum atomic E-state index is 13.2. The van der Waals surface area contributed by atoms with Crippen LogP contribution < -0.4 is 4.90 Å². The Balaban J connectivity index is 2.40. The van der Waals surface area contributed by atoms with Gasteiger partial charge in [0.1, 0.15) is 5.82 Å². The molecule has 0 spiro atoms. The molecule has 1 aliphatic rings. The van der Waals surface area contributed by atoms with Gasteiger partial charge in [-0.25, -0.2) is 4.39 Å². The minimum absolute atomic E-state index is 0.0569. The van der Waals surface area contributed by atoms with E-state index >= 15 is 0 Å². The molecular formula is C11H9ClFNO2. The minimum atomic E-state index is -0.729. The second kappa shape index (κ2) is 4.22. The summed E-state index contributed by atoms with van der Waals surface area (Å²) in [6.07, 6.45) is 1.21. The molecule has 0 aliphatic carbocycles. The van der Waals surface area contributed by atoms with E-state index in [1.807, 2.05) is 0 Å². The third-order valence-electron chi connectivity index (χ3n) is 2.49. The summed E-state index contributed by atoms with van der Waals surface area (Å²) in [5.41, 5.74) is 0.461. The van der Waals surface area contributed by atoms with Crippen LogP contribution in [0.5, 0.6) is 0 Å². The van der Waals surface area contributed by atoms with Crippen molar-refractivity contribution in [3.8, 4) is 0 Å². The Bertz CT molecular complexity index is 461. The van der Waals surface area contributed by atoms with Crippen molar-refractivity contribution in [3.05, 3.63) is 29.6 Å². The van der Waals surface area contributed by atoms with Crippen LogP contribution in [0, 0.1) is 5.82 Å². The van der Waals surface area contributed by atoms with Crippen LogP contribution in [0.4, 0.5) is 10.1 Å². The highest BCUT2D eigenvalue weighted by Crippen LogP contribution is 2.24. The lowest BCUT2D eigenvalue weighted by Crippen LogP contribution is -2.24. The summed E-state index contributed by atoms with van der Waals surface area (Å²) >= 11 is 5.28. The van der Waals surface area contributed by atoms with Crippen LogP contribution in [0.1, 0.15) is 23.2 Å². The average Bonchev–Trinajstić information content (AvgIpc) is 2.63. The summed E-state index contributed by atoms with van der Waals surface area (Å²) in [5.74, 6) is -0.625. The van der Waals surface area contributed by atoms with E-state index < -0.39 is 11.1 Å². The van der Waals surface area contributed by atoms with Gasteiger partial charge in [-0.1, -0.05) is 0 Å². The van der Waals surface area contributed by atoms with Gasteiger partial charge in [0.25, 0.3) is 5.24 Å². The van der Waals surface area contributed by atoms with E-state index in [9.17, 15) is 14.0 Å². The number of anilines is 1. The summed E-state index contributed by atoms with van der Waals surface area (Å²) in [7, 11) is 0. The van der Waals surface area contributed by atoms with Crippen molar-refractivity contribution in [1.82, 2.24) is 0 Å². The molecule has 16 heavy (non-hydrogen) atoms. The number of carbonyl (C=O) groups is 2. The predicted molar refractivity (Wildman–Crippen MR) is 58.2 cm³/mol. The van der Waals surface area contributed by atoms with Crippen LogP contribution in [0.15, 0.2) is 18.2 Å². The summed E-state index contributed by atoms with van der Waals surface area (Å²) in [6.45, 7) is 0.554. The summed E-state index contributed by atoms with van der Waals surface area (Å²) in [6, 6.07) is 3.72. The number of rotatable bonds is 2. The monoisotopic (exact) mass is 241 g/mol. The van der Waals surface area contributed by atoms with Gasteiger partial charge in [0.05, 0.1) is 0 Å². The first kappa shape index (κ1) is 11.1. The number of hydrogen-bond acceptors (Lipinski definition) is 2. The Morgan fingerprint density at radius 3 is 2.69 bits per heavy atom. The lowest BCUT2D eigenvalue weighted by Gasteiger charge is -2.16. The fourth-order valence-corrected chi connectivity index (χ4v) is 1.87. The van der Waals surface area contributed by atoms with Gasteiger partial charge in [-0.3, -0.25) is 9.59 Å². The molecule has 0 aromatic heterocycles. The number of nitrogens with zero attached hydrogens (tertiary/aromatic N) is 1. The highest BCUT2D eigenvalue weighted by molar-refractivity contribution is 6.67. The number of hydrogen-bond donors (Lipinski definition) is 0. The second-order valence-corrected chi connectivity index (χ2v) is 3.96. The fraction of sp³-hybridized carbons (Fsp3) is 0.273. The van der Waals surface area contributed by atoms with Crippen LogP contribution in [0.25, 0.3) is 0 Å². The van der Waals surface area contributed by atoms with Crippen molar-refractivity contribution in [1.29, 1.82) is 0 Å². The molecule has 1 fully saturated rings. The van der Waals surface area contributed by atoms with Gasteiger partial charge in [0.15, 0.2) is 0 Å². The standard InChI is InChI=1S/C11H9ClFNO2/c12-11(16)7-4-8(13)6-9(5-7)14-3-1-2-10(14)15/h4-6H,1-3H2. The first-order valence-electron chi connectivity index (χ1n) is 4.89. The molecular weight excluding hydrogens is 233 g/mol. The van der Waals surface area contributed by atoms with E-state index in [1.54, 1.807) is 0 Å². The molecule has 0 N–H and O–H groups in total. The van der Waals surface area contributed by atoms with Gasteiger partial charge in [-0.05, 0) is 36.2 Å². The first-order chi connectivity index (χ1) is 7.58. The van der Waals surface area contributed by atoms with Gasteiger partial charge < -0.3 is 4.90 Å². The highest BCUT2D eigenvalue weighted by atomic mass is 35.5. The molecule has 84 valence electrons. The molecule has 0 atom stereocenters. The van der Waals surface area contributed by atoms with Crippen molar-refractivity contribution in [2.24, 2.45) is 0 Å². The highest BCUT2D eigenvalue weighted by Gasteiger charge is 2.22. The van der Waals surface area contributed by atoms with Crippen LogP contribution in [-0.2, 0) is 4.79 Å². The molecule has 2 rings (SSSR count). The normalized spacial score (nSPS) is 15.6. The third kappa shape index (κ3) is 2.07. The van der Waals surface area contributed by atoms with Crippen LogP contribution in [-0.4, -0.2) is 17.7 Å². The largest absolute Gasteiger partial charge is 0.312 e. The predicted octanol–water partition coefficient (Wildman–Crippen LogP) is 2.33. The topological polar surface area (TPSA) is 37.4 Å². The van der Waals surface area contributed by atoms with E-state index in [0.29, 0.717) is 18.7 Å². The van der Waals surface area contributed by atoms with Gasteiger partial charge in [-0.2, -0.15) is 0 Å². The second-order valence-electron chi connectivity index (χ2n) is 3.62. The van der Waals surface area contributed by atoms with Crippen LogP contribution >= 0.6 is 11.6 Å². The Morgan fingerprint density at radius 2 is 2.12 bits per heavy atom. The molecule has 5 heteroatoms. The van der Waals surface area contributed by atoms with Crippen molar-refractivity contribution in [2.75, 3.05) is 11.4 Å². The Hall–Kier alpha value is -1.42. The molecule has 1 aromatic rings. The quantitative estimate of drug-likeness (QED) is 0.746. The van der Waals surface area contributed by atoms with Crippen LogP contribution in [0.3, 0.4) is 0 Å². The fourth-order valence-electron chi connectivity index (χ4n) is 1.76. The van der Waals surface area contributed by atoms with Crippen molar-refractivity contribution < 1.29 is 14.0 Å². The van der Waals surface area contributed by atoms with E-state index in [1.165, 1.54) is 17.0 Å². The molecule has 1 amide bonds. The summed E-state index contributed by atoms with van der Waals surface area (Å²) < 4.78 is 13.2. The average molecular weight is 242 g/mol. The molecule has 1 aliphatic heterocycles. The Morgan fingerprint density at radius 1 is 1.38 bits per heavy atom. The zero-order valence-corrected chi connectivity index (χ0v) is 9.13. The van der Waals surface area contributed by atoms with Crippen LogP contribution in [0.2, 0.25) is 0 Å². The number of halogens is 2. The zero-order chi connectivity index (χ0) is 11.7. The maximum absolute atomic E-state index is 13.2. The number of amides is 1. The number of benzene rings is 1. The van der Waals surface area contributed by atoms with E-state index in [-0.39, 0.29) is 11.5 Å². The molecule has 1 aromatic carbocycles. The Kier molecular flexibility index (Phi) is 2.92. The minimum Gasteiger partial charge on any atom is -0.312 e. The van der Waals surface area contributed by atoms with Gasteiger partial charge in [0, 0.05) is 24.2 Å². The molecule has 0 unspecified atom stereocenters. The van der Waals surface area contributed by atoms with Gasteiger partial charge >= 0.3 is 0 Å². The smallest absolute Gasteiger partial charge is 0.252 e. The van der Waals surface area contributed by atoms with E-state index in [0.717, 1.165) is 12.5 Å². The molecule has 3 nitrogen and oxygen atoms in total. The number of carbonyl (C=O) groups excluding carboxylic acids is 2. The maximum Gasteiger partial charge on any atom is 0.252 e. The SMILES string of the molecule is O=C(Cl)c1cc(F)cc(N2CCCC2=O)c1. The molecule has 1 saturated heterocycles. The zero-order valence-electron chi connectivity index (χ0n) is 8.37. The van der Waals surface area contributed by atoms with Crippen molar-refractivity contribution in [2.45, 2.75) is 12.8 Å². The van der Waals surface area contributed by atoms with E-state index in [4.69, 9.17) is 11.6 Å². The summed E-state index contributed by atoms with van der Waals surface area (Å²) in [4.78, 5) is 23.9. The van der Waals surface area contributed by atoms with Crippen molar-refractivity contribution in [3.63, 3.8) is 0 Å². The lowest BCUT2D eigenvalue weighted by molar-refractivity contribution is -0.117. The first-order valence-corrected chi connectivity index (χ1v) is 5.26. The van der Waals surface area contributed by atoms with E-state index in [2.05, 4.69) is 0 Å². The summed E-state index contributed by atoms with van der Waals surface area (Å²) in [5, 5.41) is -0.729. The van der Waals surface area contributed by atoms with Crippen molar-refractivity contribution >= 4 is 28.4 Å². The van der Waals surface area contributed by atoms with Gasteiger partial charge in [0.2, 0.25) is 5.91 Å². The van der Waals surface area contributed by atoms with Gasteiger partial charge in [-0.15, -0.1) is 0 Å². The third-order valence-corrected chi connectivity index (χ3v) is 2.71. The molecule has 0 radical (unpaired) electrons. The Labute approximate surface area is 96.8 Å².